The Morgan fingerprint density at radius 1 is 1.08 bits per heavy atom. The molecule has 0 saturated heterocycles. The van der Waals surface area contributed by atoms with E-state index < -0.39 is 12.3 Å². The molecule has 0 radical (unpaired) electrons. The standard InChI is InChI=1S/C25H18ClF3N6O3/c1-37-16-5-2-14(3-6-16)13-35-20(11-22(34-35)33-24(36)15-4-9-21(26)30-12-15)23-31-18-8-7-17(10-19(18)32-23)38-25(27,28)29/h2-12H,13H2,1H3,(H,31,32)(H,33,34,36). The molecule has 0 saturated carbocycles. The van der Waals surface area contributed by atoms with Crippen LogP contribution < -0.4 is 14.8 Å². The third-order valence-corrected chi connectivity index (χ3v) is 5.66. The van der Waals surface area contributed by atoms with Gasteiger partial charge in [-0.3, -0.25) is 9.48 Å². The first-order chi connectivity index (χ1) is 18.2. The fourth-order valence-electron chi connectivity index (χ4n) is 3.70. The maximum Gasteiger partial charge on any atom is 0.573 e. The van der Waals surface area contributed by atoms with Crippen molar-refractivity contribution in [2.45, 2.75) is 12.9 Å². The summed E-state index contributed by atoms with van der Waals surface area (Å²) in [5.74, 6) is 0.423. The Kier molecular flexibility index (Phi) is 6.64. The van der Waals surface area contributed by atoms with Crippen LogP contribution in [-0.4, -0.2) is 44.1 Å². The highest BCUT2D eigenvalue weighted by Crippen LogP contribution is 2.29. The Morgan fingerprint density at radius 2 is 1.84 bits per heavy atom. The molecule has 13 heteroatoms. The number of aromatic nitrogens is 5. The number of anilines is 1. The van der Waals surface area contributed by atoms with Gasteiger partial charge < -0.3 is 19.8 Å². The molecule has 5 rings (SSSR count). The highest BCUT2D eigenvalue weighted by atomic mass is 35.5. The lowest BCUT2D eigenvalue weighted by atomic mass is 10.2. The number of carbonyl (C=O) groups excluding carboxylic acids is 1. The first-order valence-corrected chi connectivity index (χ1v) is 11.4. The molecule has 0 aliphatic carbocycles. The van der Waals surface area contributed by atoms with Crippen LogP contribution in [0.4, 0.5) is 19.0 Å². The first-order valence-electron chi connectivity index (χ1n) is 11.1. The van der Waals surface area contributed by atoms with Gasteiger partial charge >= 0.3 is 6.36 Å². The smallest absolute Gasteiger partial charge is 0.497 e. The number of amides is 1. The molecule has 0 atom stereocenters. The summed E-state index contributed by atoms with van der Waals surface area (Å²) in [6, 6.07) is 15.8. The van der Waals surface area contributed by atoms with Crippen molar-refractivity contribution in [2.75, 3.05) is 12.4 Å². The minimum Gasteiger partial charge on any atom is -0.497 e. The average molecular weight is 543 g/mol. The number of nitrogens with one attached hydrogen (secondary N) is 2. The van der Waals surface area contributed by atoms with Crippen molar-refractivity contribution in [1.82, 2.24) is 24.7 Å². The van der Waals surface area contributed by atoms with Gasteiger partial charge in [0.05, 0.1) is 30.3 Å². The van der Waals surface area contributed by atoms with E-state index in [-0.39, 0.29) is 22.3 Å². The number of imidazole rings is 1. The van der Waals surface area contributed by atoms with Crippen molar-refractivity contribution in [3.63, 3.8) is 0 Å². The van der Waals surface area contributed by atoms with E-state index in [1.165, 1.54) is 36.5 Å². The quantitative estimate of drug-likeness (QED) is 0.256. The van der Waals surface area contributed by atoms with Crippen molar-refractivity contribution in [1.29, 1.82) is 0 Å². The van der Waals surface area contributed by atoms with Gasteiger partial charge in [0.2, 0.25) is 0 Å². The normalized spacial score (nSPS) is 11.5. The van der Waals surface area contributed by atoms with Gasteiger partial charge in [0.25, 0.3) is 5.91 Å². The van der Waals surface area contributed by atoms with Gasteiger partial charge in [0.1, 0.15) is 22.3 Å². The maximum absolute atomic E-state index is 12.7. The lowest BCUT2D eigenvalue weighted by molar-refractivity contribution is -0.274. The lowest BCUT2D eigenvalue weighted by Gasteiger charge is -2.07. The second-order valence-electron chi connectivity index (χ2n) is 8.06. The van der Waals surface area contributed by atoms with E-state index in [0.29, 0.717) is 34.8 Å². The van der Waals surface area contributed by atoms with Gasteiger partial charge in [0.15, 0.2) is 11.6 Å². The van der Waals surface area contributed by atoms with Gasteiger partial charge in [-0.1, -0.05) is 23.7 Å². The zero-order chi connectivity index (χ0) is 26.9. The molecule has 2 N–H and O–H groups in total. The number of rotatable bonds is 7. The van der Waals surface area contributed by atoms with Gasteiger partial charge in [-0.25, -0.2) is 9.97 Å². The van der Waals surface area contributed by atoms with Gasteiger partial charge in [-0.15, -0.1) is 13.2 Å². The fourth-order valence-corrected chi connectivity index (χ4v) is 3.81. The highest BCUT2D eigenvalue weighted by molar-refractivity contribution is 6.29. The summed E-state index contributed by atoms with van der Waals surface area (Å²) < 4.78 is 48.8. The van der Waals surface area contributed by atoms with Crippen LogP contribution in [0, 0.1) is 0 Å². The molecule has 194 valence electrons. The number of methoxy groups -OCH3 is 1. The molecule has 0 aliphatic rings. The van der Waals surface area contributed by atoms with Crippen molar-refractivity contribution in [2.24, 2.45) is 0 Å². The number of alkyl halides is 3. The van der Waals surface area contributed by atoms with Crippen molar-refractivity contribution < 1.29 is 27.4 Å². The number of pyridine rings is 1. The van der Waals surface area contributed by atoms with Crippen LogP contribution in [0.15, 0.2) is 66.9 Å². The Balaban J connectivity index is 1.50. The fraction of sp³-hybridized carbons (Fsp3) is 0.120. The van der Waals surface area contributed by atoms with Crippen LogP contribution in [0.1, 0.15) is 15.9 Å². The topological polar surface area (TPSA) is 107 Å². The molecule has 0 bridgehead atoms. The summed E-state index contributed by atoms with van der Waals surface area (Å²) in [5.41, 5.74) is 2.40. The van der Waals surface area contributed by atoms with Crippen molar-refractivity contribution in [3.05, 3.63) is 83.1 Å². The third-order valence-electron chi connectivity index (χ3n) is 5.43. The number of aromatic amines is 1. The molecule has 1 amide bonds. The monoisotopic (exact) mass is 542 g/mol. The van der Waals surface area contributed by atoms with Crippen LogP contribution in [-0.2, 0) is 6.54 Å². The summed E-state index contributed by atoms with van der Waals surface area (Å²) in [4.78, 5) is 24.1. The lowest BCUT2D eigenvalue weighted by Crippen LogP contribution is -2.16. The number of halogens is 4. The van der Waals surface area contributed by atoms with E-state index in [4.69, 9.17) is 16.3 Å². The van der Waals surface area contributed by atoms with E-state index in [1.807, 2.05) is 12.1 Å². The number of H-pyrrole nitrogens is 1. The summed E-state index contributed by atoms with van der Waals surface area (Å²) in [6.07, 6.45) is -3.48. The van der Waals surface area contributed by atoms with Crippen molar-refractivity contribution >= 4 is 34.4 Å². The minimum absolute atomic E-state index is 0.231. The van der Waals surface area contributed by atoms with Gasteiger partial charge in [-0.2, -0.15) is 5.10 Å². The predicted molar refractivity (Wildman–Crippen MR) is 133 cm³/mol. The van der Waals surface area contributed by atoms with E-state index in [2.05, 4.69) is 30.1 Å². The average Bonchev–Trinajstić information content (AvgIpc) is 3.47. The van der Waals surface area contributed by atoms with Crippen LogP contribution >= 0.6 is 11.6 Å². The zero-order valence-corrected chi connectivity index (χ0v) is 20.3. The molecule has 2 aromatic carbocycles. The Morgan fingerprint density at radius 3 is 2.53 bits per heavy atom. The number of hydrogen-bond acceptors (Lipinski definition) is 6. The van der Waals surface area contributed by atoms with Crippen LogP contribution in [0.5, 0.6) is 11.5 Å². The molecular weight excluding hydrogens is 525 g/mol. The van der Waals surface area contributed by atoms with E-state index >= 15 is 0 Å². The van der Waals surface area contributed by atoms with Gasteiger partial charge in [-0.05, 0) is 42.0 Å². The molecule has 9 nitrogen and oxygen atoms in total. The van der Waals surface area contributed by atoms with Crippen LogP contribution in [0.25, 0.3) is 22.6 Å². The Hall–Kier alpha value is -4.58. The molecule has 0 unspecified atom stereocenters. The number of fused-ring (bicyclic) bond motifs is 1. The molecule has 5 aromatic rings. The SMILES string of the molecule is COc1ccc(Cn2nc(NC(=O)c3ccc(Cl)nc3)cc2-c2nc3ccc(OC(F)(F)F)cc3[nH]2)cc1. The molecule has 0 spiro atoms. The van der Waals surface area contributed by atoms with Gasteiger partial charge in [0, 0.05) is 18.3 Å². The molecule has 3 aromatic heterocycles. The molecule has 0 fully saturated rings. The second kappa shape index (κ2) is 10.1. The number of nitrogens with zero attached hydrogens (tertiary/aromatic N) is 4. The number of hydrogen-bond donors (Lipinski definition) is 2. The zero-order valence-electron chi connectivity index (χ0n) is 19.6. The minimum atomic E-state index is -4.82. The number of benzene rings is 2. The molecule has 3 heterocycles. The second-order valence-corrected chi connectivity index (χ2v) is 8.44. The Bertz CT molecular complexity index is 1600. The summed E-state index contributed by atoms with van der Waals surface area (Å²) >= 11 is 5.80. The molecule has 38 heavy (non-hydrogen) atoms. The molecular formula is C25H18ClF3N6O3. The largest absolute Gasteiger partial charge is 0.573 e. The predicted octanol–water partition coefficient (Wildman–Crippen LogP) is 5.68. The van der Waals surface area contributed by atoms with E-state index in [0.717, 1.165) is 5.56 Å². The maximum atomic E-state index is 12.7. The summed E-state index contributed by atoms with van der Waals surface area (Å²) in [7, 11) is 1.57. The van der Waals surface area contributed by atoms with E-state index in [1.54, 1.807) is 30.0 Å². The number of ether oxygens (including phenoxy) is 2. The molecule has 0 aliphatic heterocycles. The number of carbonyl (C=O) groups is 1. The van der Waals surface area contributed by atoms with Crippen molar-refractivity contribution in [3.8, 4) is 23.0 Å². The Labute approximate surface area is 218 Å². The van der Waals surface area contributed by atoms with E-state index in [9.17, 15) is 18.0 Å². The first kappa shape index (κ1) is 25.1. The highest BCUT2D eigenvalue weighted by Gasteiger charge is 2.31. The third kappa shape index (κ3) is 5.70. The summed E-state index contributed by atoms with van der Waals surface area (Å²) in [5, 5.41) is 7.49. The van der Waals surface area contributed by atoms with Crippen LogP contribution in [0.3, 0.4) is 0 Å². The van der Waals surface area contributed by atoms with Crippen LogP contribution in [0.2, 0.25) is 5.15 Å². The summed E-state index contributed by atoms with van der Waals surface area (Å²) in [6.45, 7) is 0.303.